The number of nitrogens with zero attached hydrogens (tertiary/aromatic N) is 2. The zero-order valence-corrected chi connectivity index (χ0v) is 13.3. The molecule has 1 aliphatic rings. The van der Waals surface area contributed by atoms with Gasteiger partial charge in [-0.15, -0.1) is 0 Å². The smallest absolute Gasteiger partial charge is 0.336 e. The molecule has 5 nitrogen and oxygen atoms in total. The zero-order valence-electron chi connectivity index (χ0n) is 13.3. The van der Waals surface area contributed by atoms with Crippen LogP contribution >= 0.6 is 0 Å². The second-order valence-electron chi connectivity index (χ2n) is 6.22. The third kappa shape index (κ3) is 2.74. The van der Waals surface area contributed by atoms with Crippen molar-refractivity contribution in [2.75, 3.05) is 33.2 Å². The Hall–Kier alpha value is -1.85. The third-order valence-corrected chi connectivity index (χ3v) is 4.51. The van der Waals surface area contributed by atoms with Gasteiger partial charge in [-0.3, -0.25) is 4.90 Å². The first-order valence-electron chi connectivity index (χ1n) is 7.62. The van der Waals surface area contributed by atoms with Crippen LogP contribution in [0.1, 0.15) is 16.7 Å². The minimum atomic E-state index is -0.379. The van der Waals surface area contributed by atoms with E-state index in [-0.39, 0.29) is 11.4 Å². The Morgan fingerprint density at radius 2 is 1.82 bits per heavy atom. The molecule has 0 saturated carbocycles. The van der Waals surface area contributed by atoms with Gasteiger partial charge >= 0.3 is 5.63 Å². The topological polar surface area (TPSA) is 56.9 Å². The predicted octanol–water partition coefficient (Wildman–Crippen LogP) is 1.86. The summed E-state index contributed by atoms with van der Waals surface area (Å²) in [5.74, 6) is 0.246. The van der Waals surface area contributed by atoms with Crippen molar-refractivity contribution in [2.45, 2.75) is 20.4 Å². The van der Waals surface area contributed by atoms with E-state index in [1.807, 2.05) is 19.9 Å². The number of phenolic OH excluding ortho intramolecular Hbond substituents is 1. The van der Waals surface area contributed by atoms with Gasteiger partial charge in [0.05, 0.1) is 5.39 Å². The van der Waals surface area contributed by atoms with E-state index in [1.165, 1.54) is 6.07 Å². The van der Waals surface area contributed by atoms with Crippen molar-refractivity contribution in [3.05, 3.63) is 39.2 Å². The van der Waals surface area contributed by atoms with E-state index in [2.05, 4.69) is 16.8 Å². The molecule has 1 aromatic carbocycles. The van der Waals surface area contributed by atoms with Crippen LogP contribution < -0.4 is 5.63 Å². The Morgan fingerprint density at radius 1 is 1.14 bits per heavy atom. The molecule has 1 aliphatic heterocycles. The number of aryl methyl sites for hydroxylation is 2. The van der Waals surface area contributed by atoms with Crippen LogP contribution in [0.25, 0.3) is 11.0 Å². The van der Waals surface area contributed by atoms with Crippen LogP contribution in [0.15, 0.2) is 21.3 Å². The Bertz CT molecular complexity index is 759. The van der Waals surface area contributed by atoms with E-state index in [4.69, 9.17) is 4.42 Å². The molecule has 2 aromatic rings. The summed E-state index contributed by atoms with van der Waals surface area (Å²) in [6.45, 7) is 8.58. The van der Waals surface area contributed by atoms with E-state index in [1.54, 1.807) is 0 Å². The number of hydrogen-bond donors (Lipinski definition) is 1. The second-order valence-corrected chi connectivity index (χ2v) is 6.22. The van der Waals surface area contributed by atoms with E-state index in [0.29, 0.717) is 11.0 Å². The summed E-state index contributed by atoms with van der Waals surface area (Å²) in [4.78, 5) is 16.2. The highest BCUT2D eigenvalue weighted by Crippen LogP contribution is 2.34. The molecule has 0 radical (unpaired) electrons. The molecular formula is C17H22N2O3. The van der Waals surface area contributed by atoms with E-state index in [9.17, 15) is 9.90 Å². The Balaban J connectivity index is 2.01. The van der Waals surface area contributed by atoms with Crippen molar-refractivity contribution in [2.24, 2.45) is 0 Å². The highest BCUT2D eigenvalue weighted by Gasteiger charge is 2.19. The van der Waals surface area contributed by atoms with Crippen LogP contribution in [-0.4, -0.2) is 48.1 Å². The lowest BCUT2D eigenvalue weighted by Gasteiger charge is -2.32. The lowest BCUT2D eigenvalue weighted by atomic mass is 10.0. The van der Waals surface area contributed by atoms with Gasteiger partial charge in [-0.05, 0) is 38.1 Å². The maximum atomic E-state index is 11.5. The number of likely N-dealkylation sites (N-methyl/N-ethyl adjacent to an activating group) is 1. The summed E-state index contributed by atoms with van der Waals surface area (Å²) in [5, 5.41) is 11.3. The van der Waals surface area contributed by atoms with Crippen molar-refractivity contribution in [3.8, 4) is 5.75 Å². The molecule has 5 heteroatoms. The minimum absolute atomic E-state index is 0.246. The molecule has 1 N–H and O–H groups in total. The molecule has 2 heterocycles. The summed E-state index contributed by atoms with van der Waals surface area (Å²) >= 11 is 0. The van der Waals surface area contributed by atoms with Crippen molar-refractivity contribution in [1.29, 1.82) is 0 Å². The molecule has 0 spiro atoms. The van der Waals surface area contributed by atoms with Crippen LogP contribution in [0, 0.1) is 13.8 Å². The lowest BCUT2D eigenvalue weighted by molar-refractivity contribution is 0.147. The quantitative estimate of drug-likeness (QED) is 0.858. The van der Waals surface area contributed by atoms with Crippen LogP contribution in [-0.2, 0) is 6.54 Å². The van der Waals surface area contributed by atoms with Crippen molar-refractivity contribution in [3.63, 3.8) is 0 Å². The molecule has 0 bridgehead atoms. The molecule has 0 aliphatic carbocycles. The van der Waals surface area contributed by atoms with Crippen LogP contribution in [0.4, 0.5) is 0 Å². The zero-order chi connectivity index (χ0) is 15.9. The molecular weight excluding hydrogens is 280 g/mol. The molecule has 1 fully saturated rings. The molecule has 0 atom stereocenters. The average molecular weight is 302 g/mol. The number of fused-ring (bicyclic) bond motifs is 1. The largest absolute Gasteiger partial charge is 0.507 e. The molecule has 1 saturated heterocycles. The number of aromatic hydroxyl groups is 1. The van der Waals surface area contributed by atoms with Gasteiger partial charge in [-0.25, -0.2) is 4.79 Å². The van der Waals surface area contributed by atoms with E-state index in [0.717, 1.165) is 49.4 Å². The number of benzene rings is 1. The maximum Gasteiger partial charge on any atom is 0.336 e. The highest BCUT2D eigenvalue weighted by molar-refractivity contribution is 5.88. The molecule has 22 heavy (non-hydrogen) atoms. The number of piperazine rings is 1. The van der Waals surface area contributed by atoms with Gasteiger partial charge in [0.2, 0.25) is 0 Å². The monoisotopic (exact) mass is 302 g/mol. The second kappa shape index (κ2) is 5.74. The van der Waals surface area contributed by atoms with Crippen molar-refractivity contribution >= 4 is 11.0 Å². The first kappa shape index (κ1) is 15.1. The molecule has 0 unspecified atom stereocenters. The SMILES string of the molecule is Cc1cc2oc(=O)cc(C)c2c(O)c1CN1CCN(C)CC1. The summed E-state index contributed by atoms with van der Waals surface area (Å²) in [6.07, 6.45) is 0. The Morgan fingerprint density at radius 3 is 2.50 bits per heavy atom. The molecule has 1 aromatic heterocycles. The average Bonchev–Trinajstić information content (AvgIpc) is 2.44. The fraction of sp³-hybridized carbons (Fsp3) is 0.471. The van der Waals surface area contributed by atoms with E-state index >= 15 is 0 Å². The van der Waals surface area contributed by atoms with Crippen LogP contribution in [0.2, 0.25) is 0 Å². The van der Waals surface area contributed by atoms with Crippen molar-refractivity contribution < 1.29 is 9.52 Å². The lowest BCUT2D eigenvalue weighted by Crippen LogP contribution is -2.43. The van der Waals surface area contributed by atoms with Gasteiger partial charge in [0.25, 0.3) is 0 Å². The van der Waals surface area contributed by atoms with Gasteiger partial charge in [0, 0.05) is 44.4 Å². The molecule has 0 amide bonds. The van der Waals surface area contributed by atoms with Crippen LogP contribution in [0.3, 0.4) is 0 Å². The van der Waals surface area contributed by atoms with Gasteiger partial charge in [0.15, 0.2) is 0 Å². The predicted molar refractivity (Wildman–Crippen MR) is 86.4 cm³/mol. The standard InChI is InChI=1S/C17H22N2O3/c1-11-8-14-16(12(2)9-15(20)22-14)17(21)13(11)10-19-6-4-18(3)5-7-19/h8-9,21H,4-7,10H2,1-3H3. The number of phenols is 1. The Labute approximate surface area is 129 Å². The number of hydrogen-bond acceptors (Lipinski definition) is 5. The fourth-order valence-corrected chi connectivity index (χ4v) is 3.09. The summed E-state index contributed by atoms with van der Waals surface area (Å²) < 4.78 is 5.23. The molecule has 3 rings (SSSR count). The van der Waals surface area contributed by atoms with Gasteiger partial charge < -0.3 is 14.4 Å². The fourth-order valence-electron chi connectivity index (χ4n) is 3.09. The molecule has 118 valence electrons. The maximum absolute atomic E-state index is 11.5. The number of rotatable bonds is 2. The Kier molecular flexibility index (Phi) is 3.93. The third-order valence-electron chi connectivity index (χ3n) is 4.51. The summed E-state index contributed by atoms with van der Waals surface area (Å²) in [7, 11) is 2.13. The summed E-state index contributed by atoms with van der Waals surface area (Å²) in [6, 6.07) is 3.28. The van der Waals surface area contributed by atoms with Crippen molar-refractivity contribution in [1.82, 2.24) is 9.80 Å². The highest BCUT2D eigenvalue weighted by atomic mass is 16.4. The first-order valence-corrected chi connectivity index (χ1v) is 7.62. The van der Waals surface area contributed by atoms with Gasteiger partial charge in [-0.1, -0.05) is 0 Å². The van der Waals surface area contributed by atoms with Crippen LogP contribution in [0.5, 0.6) is 5.75 Å². The summed E-state index contributed by atoms with van der Waals surface area (Å²) in [5.41, 5.74) is 2.72. The minimum Gasteiger partial charge on any atom is -0.507 e. The van der Waals surface area contributed by atoms with E-state index < -0.39 is 0 Å². The normalized spacial score (nSPS) is 17.2. The van der Waals surface area contributed by atoms with Gasteiger partial charge in [-0.2, -0.15) is 0 Å². The first-order chi connectivity index (χ1) is 10.5. The van der Waals surface area contributed by atoms with Gasteiger partial charge in [0.1, 0.15) is 11.3 Å².